The van der Waals surface area contributed by atoms with Crippen LogP contribution in [0.15, 0.2) is 18.7 Å². The maximum Gasteiger partial charge on any atom is 0.230 e. The molecule has 0 bridgehead atoms. The Morgan fingerprint density at radius 3 is 2.42 bits per heavy atom. The summed E-state index contributed by atoms with van der Waals surface area (Å²) >= 11 is 2.81. The highest BCUT2D eigenvalue weighted by atomic mass is 32.1. The second-order valence-electron chi connectivity index (χ2n) is 7.39. The van der Waals surface area contributed by atoms with Gasteiger partial charge in [-0.2, -0.15) is 0 Å². The first-order chi connectivity index (χ1) is 14.9. The van der Waals surface area contributed by atoms with E-state index in [1.807, 2.05) is 0 Å². The Morgan fingerprint density at radius 1 is 0.968 bits per heavy atom. The molecule has 0 fully saturated rings. The molecule has 2 atom stereocenters. The SMILES string of the molecule is CC(=O)Nc1nnc(CC(C)CCC(C)c2nnc(NC(=O)Cc3cncnc3)s2)s1. The maximum absolute atomic E-state index is 12.1. The third-order valence-electron chi connectivity index (χ3n) is 4.45. The molecule has 0 radical (unpaired) electrons. The van der Waals surface area contributed by atoms with Crippen molar-refractivity contribution < 1.29 is 9.59 Å². The maximum atomic E-state index is 12.1. The summed E-state index contributed by atoms with van der Waals surface area (Å²) in [6.07, 6.45) is 7.60. The van der Waals surface area contributed by atoms with Gasteiger partial charge in [-0.25, -0.2) is 9.97 Å². The number of rotatable bonds is 10. The first-order valence-corrected chi connectivity index (χ1v) is 11.5. The largest absolute Gasteiger partial charge is 0.301 e. The smallest absolute Gasteiger partial charge is 0.230 e. The van der Waals surface area contributed by atoms with Gasteiger partial charge in [0, 0.05) is 31.7 Å². The lowest BCUT2D eigenvalue weighted by atomic mass is 9.96. The summed E-state index contributed by atoms with van der Waals surface area (Å²) < 4.78 is 0. The highest BCUT2D eigenvalue weighted by Gasteiger charge is 2.16. The number of hydrogen-bond donors (Lipinski definition) is 2. The van der Waals surface area contributed by atoms with Crippen molar-refractivity contribution in [3.05, 3.63) is 34.3 Å². The van der Waals surface area contributed by atoms with Crippen molar-refractivity contribution in [3.63, 3.8) is 0 Å². The van der Waals surface area contributed by atoms with Gasteiger partial charge < -0.3 is 10.6 Å². The number of aromatic nitrogens is 6. The fraction of sp³-hybridized carbons (Fsp3) is 0.474. The van der Waals surface area contributed by atoms with Crippen LogP contribution in [0.2, 0.25) is 0 Å². The molecule has 0 aliphatic carbocycles. The molecule has 2 amide bonds. The molecule has 3 heterocycles. The number of nitrogens with zero attached hydrogens (tertiary/aromatic N) is 6. The molecule has 3 rings (SSSR count). The van der Waals surface area contributed by atoms with Crippen molar-refractivity contribution in [1.29, 1.82) is 0 Å². The van der Waals surface area contributed by atoms with Gasteiger partial charge >= 0.3 is 0 Å². The lowest BCUT2D eigenvalue weighted by Gasteiger charge is -2.12. The summed E-state index contributed by atoms with van der Waals surface area (Å²) in [4.78, 5) is 31.0. The molecule has 2 N–H and O–H groups in total. The summed E-state index contributed by atoms with van der Waals surface area (Å²) in [7, 11) is 0. The van der Waals surface area contributed by atoms with Crippen LogP contribution in [0.1, 0.15) is 55.1 Å². The minimum absolute atomic E-state index is 0.147. The molecule has 10 nitrogen and oxygen atoms in total. The van der Waals surface area contributed by atoms with Gasteiger partial charge in [0.05, 0.1) is 6.42 Å². The zero-order valence-electron chi connectivity index (χ0n) is 17.5. The second kappa shape index (κ2) is 11.0. The van der Waals surface area contributed by atoms with Crippen molar-refractivity contribution >= 4 is 44.8 Å². The number of carbonyl (C=O) groups excluding carboxylic acids is 2. The van der Waals surface area contributed by atoms with Crippen LogP contribution in [0.25, 0.3) is 0 Å². The monoisotopic (exact) mass is 460 g/mol. The van der Waals surface area contributed by atoms with Crippen LogP contribution in [-0.2, 0) is 22.4 Å². The minimum Gasteiger partial charge on any atom is -0.301 e. The van der Waals surface area contributed by atoms with Crippen LogP contribution in [-0.4, -0.2) is 42.2 Å². The van der Waals surface area contributed by atoms with E-state index in [1.165, 1.54) is 35.9 Å². The molecule has 31 heavy (non-hydrogen) atoms. The molecule has 12 heteroatoms. The Kier molecular flexibility index (Phi) is 8.06. The van der Waals surface area contributed by atoms with Crippen LogP contribution in [0.3, 0.4) is 0 Å². The van der Waals surface area contributed by atoms with Gasteiger partial charge in [0.25, 0.3) is 0 Å². The van der Waals surface area contributed by atoms with E-state index < -0.39 is 0 Å². The van der Waals surface area contributed by atoms with Gasteiger partial charge in [0.1, 0.15) is 16.3 Å². The summed E-state index contributed by atoms with van der Waals surface area (Å²) in [5, 5.41) is 24.7. The van der Waals surface area contributed by atoms with Crippen LogP contribution >= 0.6 is 22.7 Å². The molecule has 0 saturated carbocycles. The van der Waals surface area contributed by atoms with Crippen molar-refractivity contribution in [2.75, 3.05) is 10.6 Å². The predicted molar refractivity (Wildman–Crippen MR) is 119 cm³/mol. The van der Waals surface area contributed by atoms with Gasteiger partial charge in [-0.3, -0.25) is 9.59 Å². The van der Waals surface area contributed by atoms with Crippen molar-refractivity contribution in [1.82, 2.24) is 30.4 Å². The summed E-state index contributed by atoms with van der Waals surface area (Å²) in [6, 6.07) is 0. The Hall–Kier alpha value is -2.86. The molecule has 0 aliphatic heterocycles. The number of carbonyl (C=O) groups is 2. The van der Waals surface area contributed by atoms with E-state index in [0.29, 0.717) is 16.2 Å². The van der Waals surface area contributed by atoms with Crippen LogP contribution in [0, 0.1) is 5.92 Å². The fourth-order valence-corrected chi connectivity index (χ4v) is 4.64. The zero-order chi connectivity index (χ0) is 22.2. The molecule has 0 spiro atoms. The second-order valence-corrected chi connectivity index (χ2v) is 9.46. The predicted octanol–water partition coefficient (Wildman–Crippen LogP) is 3.08. The molecule has 2 unspecified atom stereocenters. The normalized spacial score (nSPS) is 12.9. The number of anilines is 2. The highest BCUT2D eigenvalue weighted by molar-refractivity contribution is 7.15. The lowest BCUT2D eigenvalue weighted by molar-refractivity contribution is -0.116. The van der Waals surface area contributed by atoms with E-state index in [9.17, 15) is 9.59 Å². The van der Waals surface area contributed by atoms with Crippen molar-refractivity contribution in [2.45, 2.75) is 52.4 Å². The summed E-state index contributed by atoms with van der Waals surface area (Å²) in [6.45, 7) is 5.73. The van der Waals surface area contributed by atoms with E-state index in [0.717, 1.165) is 34.8 Å². The van der Waals surface area contributed by atoms with E-state index in [2.05, 4.69) is 54.8 Å². The minimum atomic E-state index is -0.172. The Morgan fingerprint density at radius 2 is 1.68 bits per heavy atom. The third-order valence-corrected chi connectivity index (χ3v) is 6.38. The van der Waals surface area contributed by atoms with Gasteiger partial charge in [0.15, 0.2) is 0 Å². The molecule has 164 valence electrons. The topological polar surface area (TPSA) is 136 Å². The lowest BCUT2D eigenvalue weighted by Crippen LogP contribution is -2.14. The van der Waals surface area contributed by atoms with Crippen molar-refractivity contribution in [2.24, 2.45) is 5.92 Å². The summed E-state index contributed by atoms with van der Waals surface area (Å²) in [5.41, 5.74) is 0.742. The standard InChI is InChI=1S/C19H24N8O2S2/c1-11(6-16-24-26-18(30-16)22-13(3)28)4-5-12(2)17-25-27-19(31-17)23-15(29)7-14-8-20-10-21-9-14/h8-12H,4-7H2,1-3H3,(H,22,26,28)(H,23,27,29). The van der Waals surface area contributed by atoms with E-state index in [-0.39, 0.29) is 24.2 Å². The van der Waals surface area contributed by atoms with Gasteiger partial charge in [-0.05, 0) is 24.3 Å². The summed E-state index contributed by atoms with van der Waals surface area (Å²) in [5.74, 6) is 0.332. The van der Waals surface area contributed by atoms with Crippen LogP contribution in [0.5, 0.6) is 0 Å². The number of hydrogen-bond acceptors (Lipinski definition) is 10. The Bertz CT molecular complexity index is 1010. The van der Waals surface area contributed by atoms with E-state index in [4.69, 9.17) is 0 Å². The molecule has 0 aliphatic rings. The van der Waals surface area contributed by atoms with Crippen LogP contribution in [0.4, 0.5) is 10.3 Å². The van der Waals surface area contributed by atoms with Gasteiger partial charge in [-0.15, -0.1) is 20.4 Å². The average molecular weight is 461 g/mol. The average Bonchev–Trinajstić information content (AvgIpc) is 3.36. The molecule has 3 aromatic heterocycles. The zero-order valence-corrected chi connectivity index (χ0v) is 19.2. The molecule has 0 aromatic carbocycles. The third kappa shape index (κ3) is 7.40. The van der Waals surface area contributed by atoms with E-state index in [1.54, 1.807) is 12.4 Å². The molecular formula is C19H24N8O2S2. The van der Waals surface area contributed by atoms with E-state index >= 15 is 0 Å². The molecule has 0 saturated heterocycles. The number of nitrogens with one attached hydrogen (secondary N) is 2. The van der Waals surface area contributed by atoms with Crippen LogP contribution < -0.4 is 10.6 Å². The first kappa shape index (κ1) is 22.8. The quantitative estimate of drug-likeness (QED) is 0.471. The Labute approximate surface area is 188 Å². The fourth-order valence-electron chi connectivity index (χ4n) is 2.85. The van der Waals surface area contributed by atoms with Gasteiger partial charge in [-0.1, -0.05) is 36.5 Å². The number of amides is 2. The van der Waals surface area contributed by atoms with Gasteiger partial charge in [0.2, 0.25) is 22.1 Å². The molecule has 3 aromatic rings. The van der Waals surface area contributed by atoms with Crippen molar-refractivity contribution in [3.8, 4) is 0 Å². The molecular weight excluding hydrogens is 436 g/mol. The highest BCUT2D eigenvalue weighted by Crippen LogP contribution is 2.29. The Balaban J connectivity index is 1.43. The first-order valence-electron chi connectivity index (χ1n) is 9.86.